The molecule has 2 amide bonds. The van der Waals surface area contributed by atoms with Crippen LogP contribution in [0.3, 0.4) is 0 Å². The molecule has 6 N–H and O–H groups in total. The number of rotatable bonds is 2. The number of nitrogens with two attached hydrogens (primary N) is 3. The highest BCUT2D eigenvalue weighted by atomic mass is 16.2. The lowest BCUT2D eigenvalue weighted by Crippen LogP contribution is -2.21. The van der Waals surface area contributed by atoms with Gasteiger partial charge in [0.25, 0.3) is 0 Å². The summed E-state index contributed by atoms with van der Waals surface area (Å²) in [5.41, 5.74) is 16.8. The van der Waals surface area contributed by atoms with Crippen LogP contribution in [0, 0.1) is 0 Å². The number of carbonyl (C=O) groups is 2. The summed E-state index contributed by atoms with van der Waals surface area (Å²) >= 11 is 0. The molecule has 0 fully saturated rings. The van der Waals surface area contributed by atoms with Gasteiger partial charge in [-0.05, 0) is 11.5 Å². The van der Waals surface area contributed by atoms with Crippen LogP contribution in [0.5, 0.6) is 0 Å². The lowest BCUT2D eigenvalue weighted by molar-refractivity contribution is 0.0968. The van der Waals surface area contributed by atoms with Gasteiger partial charge in [0, 0.05) is 11.1 Å². The van der Waals surface area contributed by atoms with E-state index in [-0.39, 0.29) is 11.1 Å². The van der Waals surface area contributed by atoms with Crippen molar-refractivity contribution in [1.29, 1.82) is 0 Å². The van der Waals surface area contributed by atoms with E-state index in [1.165, 1.54) is 6.07 Å². The average Bonchev–Trinajstić information content (AvgIpc) is 2.28. The molecule has 0 radical (unpaired) electrons. The molecule has 2 aromatic carbocycles. The fourth-order valence-corrected chi connectivity index (χ4v) is 1.86. The predicted octanol–water partition coefficient (Wildman–Crippen LogP) is 0.620. The Morgan fingerprint density at radius 3 is 2.06 bits per heavy atom. The zero-order chi connectivity index (χ0) is 12.6. The molecule has 0 bridgehead atoms. The number of fused-ring (bicyclic) bond motifs is 1. The zero-order valence-electron chi connectivity index (χ0n) is 8.94. The van der Waals surface area contributed by atoms with Gasteiger partial charge in [-0.25, -0.2) is 0 Å². The van der Waals surface area contributed by atoms with Gasteiger partial charge >= 0.3 is 0 Å². The summed E-state index contributed by atoms with van der Waals surface area (Å²) in [6.07, 6.45) is 0. The van der Waals surface area contributed by atoms with E-state index in [0.717, 1.165) is 0 Å². The van der Waals surface area contributed by atoms with E-state index >= 15 is 0 Å². The first-order valence-electron chi connectivity index (χ1n) is 4.93. The zero-order valence-corrected chi connectivity index (χ0v) is 8.94. The van der Waals surface area contributed by atoms with Crippen LogP contribution < -0.4 is 17.2 Å². The Balaban J connectivity index is 2.98. The van der Waals surface area contributed by atoms with Crippen molar-refractivity contribution in [3.8, 4) is 0 Å². The Bertz CT molecular complexity index is 635. The van der Waals surface area contributed by atoms with Crippen molar-refractivity contribution >= 4 is 28.3 Å². The van der Waals surface area contributed by atoms with Gasteiger partial charge in [0.05, 0.1) is 11.1 Å². The third-order valence-electron chi connectivity index (χ3n) is 2.59. The van der Waals surface area contributed by atoms with E-state index in [9.17, 15) is 9.59 Å². The highest BCUT2D eigenvalue weighted by molar-refractivity contribution is 6.17. The molecule has 86 valence electrons. The number of nitrogen functional groups attached to an aromatic ring is 1. The summed E-state index contributed by atoms with van der Waals surface area (Å²) in [6, 6.07) is 8.33. The summed E-state index contributed by atoms with van der Waals surface area (Å²) in [5, 5.41) is 1.21. The Labute approximate surface area is 97.2 Å². The van der Waals surface area contributed by atoms with Gasteiger partial charge in [-0.1, -0.05) is 24.3 Å². The minimum absolute atomic E-state index is 0.0497. The second-order valence-electron chi connectivity index (χ2n) is 3.66. The summed E-state index contributed by atoms with van der Waals surface area (Å²) in [5.74, 6) is -1.42. The van der Waals surface area contributed by atoms with Crippen molar-refractivity contribution in [2.45, 2.75) is 0 Å². The highest BCUT2D eigenvalue weighted by Crippen LogP contribution is 2.27. The van der Waals surface area contributed by atoms with E-state index < -0.39 is 11.8 Å². The van der Waals surface area contributed by atoms with Crippen molar-refractivity contribution in [2.24, 2.45) is 11.5 Å². The van der Waals surface area contributed by atoms with Gasteiger partial charge in [0.15, 0.2) is 0 Å². The maximum atomic E-state index is 11.4. The molecule has 0 atom stereocenters. The van der Waals surface area contributed by atoms with Crippen molar-refractivity contribution in [3.05, 3.63) is 41.5 Å². The SMILES string of the molecule is NC(=O)c1cc(N)c2ccccc2c1C(N)=O. The fraction of sp³-hybridized carbons (Fsp3) is 0. The molecule has 0 heterocycles. The van der Waals surface area contributed by atoms with E-state index in [2.05, 4.69) is 0 Å². The first kappa shape index (κ1) is 10.9. The number of benzene rings is 2. The van der Waals surface area contributed by atoms with E-state index in [1.807, 2.05) is 0 Å². The van der Waals surface area contributed by atoms with E-state index in [0.29, 0.717) is 16.5 Å². The minimum Gasteiger partial charge on any atom is -0.398 e. The van der Waals surface area contributed by atoms with Gasteiger partial charge in [0.1, 0.15) is 0 Å². The van der Waals surface area contributed by atoms with Gasteiger partial charge in [-0.3, -0.25) is 9.59 Å². The molecule has 0 aliphatic rings. The molecule has 0 aromatic heterocycles. The van der Waals surface area contributed by atoms with Crippen molar-refractivity contribution in [1.82, 2.24) is 0 Å². The van der Waals surface area contributed by atoms with Crippen LogP contribution in [0.4, 0.5) is 5.69 Å². The Morgan fingerprint density at radius 2 is 1.53 bits per heavy atom. The standard InChI is InChI=1S/C12H11N3O2/c13-9-5-8(11(14)16)10(12(15)17)7-4-2-1-3-6(7)9/h1-5H,13H2,(H2,14,16)(H2,15,17). The largest absolute Gasteiger partial charge is 0.398 e. The minimum atomic E-state index is -0.726. The van der Waals surface area contributed by atoms with Crippen molar-refractivity contribution in [2.75, 3.05) is 5.73 Å². The maximum absolute atomic E-state index is 11.4. The highest BCUT2D eigenvalue weighted by Gasteiger charge is 2.18. The smallest absolute Gasteiger partial charge is 0.250 e. The number of carbonyl (C=O) groups excluding carboxylic acids is 2. The van der Waals surface area contributed by atoms with Crippen molar-refractivity contribution in [3.63, 3.8) is 0 Å². The third kappa shape index (κ3) is 1.67. The molecule has 0 aliphatic carbocycles. The molecule has 5 heteroatoms. The van der Waals surface area contributed by atoms with E-state index in [4.69, 9.17) is 17.2 Å². The summed E-state index contributed by atoms with van der Waals surface area (Å²) < 4.78 is 0. The van der Waals surface area contributed by atoms with Crippen LogP contribution in [-0.4, -0.2) is 11.8 Å². The molecule has 0 saturated heterocycles. The summed E-state index contributed by atoms with van der Waals surface area (Å²) in [6.45, 7) is 0. The molecular formula is C12H11N3O2. The Morgan fingerprint density at radius 1 is 0.941 bits per heavy atom. The average molecular weight is 229 g/mol. The molecule has 0 aliphatic heterocycles. The fourth-order valence-electron chi connectivity index (χ4n) is 1.86. The number of hydrogen-bond donors (Lipinski definition) is 3. The lowest BCUT2D eigenvalue weighted by atomic mass is 9.96. The van der Waals surface area contributed by atoms with Crippen LogP contribution in [0.25, 0.3) is 10.8 Å². The van der Waals surface area contributed by atoms with Crippen LogP contribution >= 0.6 is 0 Å². The third-order valence-corrected chi connectivity index (χ3v) is 2.59. The Hall–Kier alpha value is -2.56. The van der Waals surface area contributed by atoms with Gasteiger partial charge in [0.2, 0.25) is 11.8 Å². The number of primary amides is 2. The van der Waals surface area contributed by atoms with Crippen LogP contribution in [0.15, 0.2) is 30.3 Å². The van der Waals surface area contributed by atoms with Gasteiger partial charge < -0.3 is 17.2 Å². The van der Waals surface area contributed by atoms with Crippen LogP contribution in [-0.2, 0) is 0 Å². The van der Waals surface area contributed by atoms with Crippen molar-refractivity contribution < 1.29 is 9.59 Å². The lowest BCUT2D eigenvalue weighted by Gasteiger charge is -2.10. The number of anilines is 1. The second-order valence-corrected chi connectivity index (χ2v) is 3.66. The predicted molar refractivity (Wildman–Crippen MR) is 65.4 cm³/mol. The monoisotopic (exact) mass is 229 g/mol. The molecule has 2 rings (SSSR count). The van der Waals surface area contributed by atoms with Crippen LogP contribution in [0.1, 0.15) is 20.7 Å². The maximum Gasteiger partial charge on any atom is 0.250 e. The first-order valence-corrected chi connectivity index (χ1v) is 4.93. The number of hydrogen-bond acceptors (Lipinski definition) is 3. The van der Waals surface area contributed by atoms with E-state index in [1.54, 1.807) is 24.3 Å². The molecule has 17 heavy (non-hydrogen) atoms. The van der Waals surface area contributed by atoms with Crippen LogP contribution in [0.2, 0.25) is 0 Å². The second kappa shape index (κ2) is 3.79. The molecule has 0 spiro atoms. The molecular weight excluding hydrogens is 218 g/mol. The molecule has 0 saturated carbocycles. The van der Waals surface area contributed by atoms with Gasteiger partial charge in [-0.15, -0.1) is 0 Å². The normalized spacial score (nSPS) is 10.4. The molecule has 2 aromatic rings. The Kier molecular flexibility index (Phi) is 2.44. The first-order chi connectivity index (χ1) is 8.02. The summed E-state index contributed by atoms with van der Waals surface area (Å²) in [4.78, 5) is 22.7. The summed E-state index contributed by atoms with van der Waals surface area (Å²) in [7, 11) is 0. The topological polar surface area (TPSA) is 112 Å². The number of amides is 2. The molecule has 0 unspecified atom stereocenters. The van der Waals surface area contributed by atoms with Gasteiger partial charge in [-0.2, -0.15) is 0 Å². The molecule has 5 nitrogen and oxygen atoms in total. The quantitative estimate of drug-likeness (QED) is 0.656.